The van der Waals surface area contributed by atoms with E-state index in [1.165, 1.54) is 13.2 Å². The maximum Gasteiger partial charge on any atom is 0.328 e. The molecule has 0 heterocycles. The molecule has 0 radical (unpaired) electrons. The number of ether oxygens (including phenoxy) is 1. The number of anilines is 1. The van der Waals surface area contributed by atoms with Gasteiger partial charge in [0, 0.05) is 12.1 Å². The van der Waals surface area contributed by atoms with Crippen molar-refractivity contribution in [2.75, 3.05) is 12.4 Å². The van der Waals surface area contributed by atoms with Crippen molar-refractivity contribution >= 4 is 40.9 Å². The zero-order chi connectivity index (χ0) is 17.5. The summed E-state index contributed by atoms with van der Waals surface area (Å²) in [5, 5.41) is 5.91. The molecule has 0 saturated carbocycles. The van der Waals surface area contributed by atoms with Crippen LogP contribution in [-0.2, 0) is 16.0 Å². The Hall–Kier alpha value is -2.24. The van der Waals surface area contributed by atoms with Crippen molar-refractivity contribution in [2.45, 2.75) is 12.5 Å². The fourth-order valence-corrected chi connectivity index (χ4v) is 2.38. The lowest BCUT2D eigenvalue weighted by Crippen LogP contribution is -2.45. The highest BCUT2D eigenvalue weighted by atomic mass is 35.5. The van der Waals surface area contributed by atoms with Crippen LogP contribution < -0.4 is 10.6 Å². The van der Waals surface area contributed by atoms with E-state index in [1.807, 2.05) is 30.3 Å². The van der Waals surface area contributed by atoms with E-state index >= 15 is 0 Å². The van der Waals surface area contributed by atoms with E-state index in [4.69, 9.17) is 27.9 Å². The molecule has 0 fully saturated rings. The van der Waals surface area contributed by atoms with E-state index < -0.39 is 18.0 Å². The Morgan fingerprint density at radius 1 is 1.08 bits per heavy atom. The van der Waals surface area contributed by atoms with Gasteiger partial charge in [-0.15, -0.1) is 0 Å². The first-order valence-electron chi connectivity index (χ1n) is 7.14. The molecule has 2 rings (SSSR count). The molecule has 5 nitrogen and oxygen atoms in total. The van der Waals surface area contributed by atoms with Gasteiger partial charge in [-0.2, -0.15) is 0 Å². The number of hydrogen-bond donors (Lipinski definition) is 2. The summed E-state index contributed by atoms with van der Waals surface area (Å²) in [6.07, 6.45) is 0.322. The first-order valence-corrected chi connectivity index (χ1v) is 7.89. The first kappa shape index (κ1) is 18.1. The van der Waals surface area contributed by atoms with Gasteiger partial charge in [0.05, 0.1) is 17.2 Å². The van der Waals surface area contributed by atoms with Crippen molar-refractivity contribution in [1.29, 1.82) is 0 Å². The van der Waals surface area contributed by atoms with Gasteiger partial charge in [0.25, 0.3) is 0 Å². The van der Waals surface area contributed by atoms with Crippen LogP contribution in [0.2, 0.25) is 10.0 Å². The third-order valence-corrected chi connectivity index (χ3v) is 3.99. The van der Waals surface area contributed by atoms with Gasteiger partial charge in [0.2, 0.25) is 0 Å². The second-order valence-electron chi connectivity index (χ2n) is 4.99. The molecule has 2 aromatic rings. The molecule has 126 valence electrons. The first-order chi connectivity index (χ1) is 11.5. The van der Waals surface area contributed by atoms with Crippen LogP contribution in [0.5, 0.6) is 0 Å². The number of benzene rings is 2. The fourth-order valence-electron chi connectivity index (χ4n) is 2.08. The van der Waals surface area contributed by atoms with Gasteiger partial charge in [-0.25, -0.2) is 9.59 Å². The van der Waals surface area contributed by atoms with E-state index in [-0.39, 0.29) is 0 Å². The summed E-state index contributed by atoms with van der Waals surface area (Å²) in [7, 11) is 1.28. The molecule has 0 spiro atoms. The van der Waals surface area contributed by atoms with Crippen LogP contribution >= 0.6 is 23.2 Å². The molecule has 7 heteroatoms. The van der Waals surface area contributed by atoms with Gasteiger partial charge in [0.15, 0.2) is 0 Å². The second kappa shape index (κ2) is 8.57. The summed E-state index contributed by atoms with van der Waals surface area (Å²) >= 11 is 11.7. The summed E-state index contributed by atoms with van der Waals surface area (Å²) in [5.74, 6) is -0.525. The van der Waals surface area contributed by atoms with Crippen LogP contribution in [0, 0.1) is 0 Å². The number of halogens is 2. The molecule has 0 aromatic heterocycles. The Kier molecular flexibility index (Phi) is 6.46. The number of amides is 2. The van der Waals surface area contributed by atoms with Gasteiger partial charge in [-0.1, -0.05) is 53.5 Å². The van der Waals surface area contributed by atoms with Crippen molar-refractivity contribution < 1.29 is 14.3 Å². The lowest BCUT2D eigenvalue weighted by Gasteiger charge is -2.17. The van der Waals surface area contributed by atoms with Gasteiger partial charge in [-0.05, 0) is 23.8 Å². The average molecular weight is 367 g/mol. The SMILES string of the molecule is COC(=O)[C@H](Cc1ccccc1)NC(=O)Nc1ccc(Cl)c(Cl)c1. The van der Waals surface area contributed by atoms with Crippen LogP contribution in [0.15, 0.2) is 48.5 Å². The Bertz CT molecular complexity index is 723. The van der Waals surface area contributed by atoms with Gasteiger partial charge >= 0.3 is 12.0 Å². The summed E-state index contributed by atoms with van der Waals surface area (Å²) in [5.41, 5.74) is 1.37. The van der Waals surface area contributed by atoms with Crippen LogP contribution in [0.3, 0.4) is 0 Å². The van der Waals surface area contributed by atoms with E-state index in [2.05, 4.69) is 10.6 Å². The number of hydrogen-bond acceptors (Lipinski definition) is 3. The highest BCUT2D eigenvalue weighted by Gasteiger charge is 2.22. The third-order valence-electron chi connectivity index (χ3n) is 3.25. The predicted octanol–water partition coefficient (Wildman–Crippen LogP) is 3.90. The normalized spacial score (nSPS) is 11.5. The van der Waals surface area contributed by atoms with Gasteiger partial charge in [-0.3, -0.25) is 0 Å². The standard InChI is InChI=1S/C17H16Cl2N2O3/c1-24-16(22)15(9-11-5-3-2-4-6-11)21-17(23)20-12-7-8-13(18)14(19)10-12/h2-8,10,15H,9H2,1H3,(H2,20,21,23)/t15-/m0/s1. The largest absolute Gasteiger partial charge is 0.467 e. The lowest BCUT2D eigenvalue weighted by molar-refractivity contribution is -0.142. The van der Waals surface area contributed by atoms with E-state index in [1.54, 1.807) is 12.1 Å². The number of nitrogens with one attached hydrogen (secondary N) is 2. The minimum Gasteiger partial charge on any atom is -0.467 e. The summed E-state index contributed by atoms with van der Waals surface area (Å²) in [6.45, 7) is 0. The molecule has 24 heavy (non-hydrogen) atoms. The molecule has 1 atom stereocenters. The zero-order valence-corrected chi connectivity index (χ0v) is 14.4. The van der Waals surface area contributed by atoms with Crippen molar-refractivity contribution in [3.05, 3.63) is 64.1 Å². The molecule has 2 N–H and O–H groups in total. The topological polar surface area (TPSA) is 67.4 Å². The van der Waals surface area contributed by atoms with Crippen molar-refractivity contribution in [3.8, 4) is 0 Å². The summed E-state index contributed by atoms with van der Waals surface area (Å²) in [6, 6.07) is 12.7. The lowest BCUT2D eigenvalue weighted by atomic mass is 10.1. The molecule has 0 aliphatic rings. The Balaban J connectivity index is 2.03. The number of carbonyl (C=O) groups is 2. The summed E-state index contributed by atoms with van der Waals surface area (Å²) in [4.78, 5) is 24.0. The molecule has 0 unspecified atom stereocenters. The van der Waals surface area contributed by atoms with E-state index in [0.717, 1.165) is 5.56 Å². The highest BCUT2D eigenvalue weighted by Crippen LogP contribution is 2.24. The Labute approximate surface area is 149 Å². The number of methoxy groups -OCH3 is 1. The molecule has 2 aromatic carbocycles. The number of urea groups is 1. The van der Waals surface area contributed by atoms with Crippen LogP contribution in [-0.4, -0.2) is 25.2 Å². The van der Waals surface area contributed by atoms with Crippen molar-refractivity contribution in [2.24, 2.45) is 0 Å². The molecule has 0 bridgehead atoms. The predicted molar refractivity (Wildman–Crippen MR) is 94.6 cm³/mol. The average Bonchev–Trinajstić information content (AvgIpc) is 2.58. The second-order valence-corrected chi connectivity index (χ2v) is 5.81. The van der Waals surface area contributed by atoms with Gasteiger partial charge < -0.3 is 15.4 Å². The van der Waals surface area contributed by atoms with Crippen LogP contribution in [0.4, 0.5) is 10.5 Å². The number of esters is 1. The fraction of sp³-hybridized carbons (Fsp3) is 0.176. The summed E-state index contributed by atoms with van der Waals surface area (Å²) < 4.78 is 4.75. The smallest absolute Gasteiger partial charge is 0.328 e. The van der Waals surface area contributed by atoms with E-state index in [0.29, 0.717) is 22.2 Å². The number of rotatable bonds is 5. The maximum absolute atomic E-state index is 12.1. The minimum absolute atomic E-state index is 0.322. The van der Waals surface area contributed by atoms with Crippen LogP contribution in [0.25, 0.3) is 0 Å². The third kappa shape index (κ3) is 5.15. The number of carbonyl (C=O) groups excluding carboxylic acids is 2. The Morgan fingerprint density at radius 3 is 2.42 bits per heavy atom. The quantitative estimate of drug-likeness (QED) is 0.788. The minimum atomic E-state index is -0.805. The van der Waals surface area contributed by atoms with Crippen LogP contribution in [0.1, 0.15) is 5.56 Å². The monoisotopic (exact) mass is 366 g/mol. The molecule has 0 aliphatic heterocycles. The van der Waals surface area contributed by atoms with E-state index in [9.17, 15) is 9.59 Å². The molecule has 0 aliphatic carbocycles. The highest BCUT2D eigenvalue weighted by molar-refractivity contribution is 6.42. The maximum atomic E-state index is 12.1. The Morgan fingerprint density at radius 2 is 1.79 bits per heavy atom. The van der Waals surface area contributed by atoms with Crippen molar-refractivity contribution in [3.63, 3.8) is 0 Å². The molecule has 2 amide bonds. The van der Waals surface area contributed by atoms with Gasteiger partial charge in [0.1, 0.15) is 6.04 Å². The van der Waals surface area contributed by atoms with Crippen molar-refractivity contribution in [1.82, 2.24) is 5.32 Å². The molecular formula is C17H16Cl2N2O3. The zero-order valence-electron chi connectivity index (χ0n) is 12.9. The molecular weight excluding hydrogens is 351 g/mol. The molecule has 0 saturated heterocycles.